The Labute approximate surface area is 124 Å². The van der Waals surface area contributed by atoms with Gasteiger partial charge in [-0.25, -0.2) is 0 Å². The molecule has 1 atom stereocenters. The molecule has 0 spiro atoms. The van der Waals surface area contributed by atoms with E-state index in [0.717, 1.165) is 48.7 Å². The Kier molecular flexibility index (Phi) is 4.40. The van der Waals surface area contributed by atoms with Crippen LogP contribution in [0.25, 0.3) is 11.0 Å². The Morgan fingerprint density at radius 3 is 3.00 bits per heavy atom. The highest BCUT2D eigenvalue weighted by molar-refractivity contribution is 5.80. The number of fused-ring (bicyclic) bond motifs is 1. The summed E-state index contributed by atoms with van der Waals surface area (Å²) in [5.74, 6) is 1.67. The fourth-order valence-corrected chi connectivity index (χ4v) is 2.53. The van der Waals surface area contributed by atoms with Crippen LogP contribution < -0.4 is 10.6 Å². The van der Waals surface area contributed by atoms with Gasteiger partial charge in [-0.05, 0) is 25.0 Å². The number of benzene rings is 1. The second kappa shape index (κ2) is 6.63. The predicted molar refractivity (Wildman–Crippen MR) is 83.4 cm³/mol. The summed E-state index contributed by atoms with van der Waals surface area (Å²) in [5, 5.41) is 7.67. The van der Waals surface area contributed by atoms with Crippen molar-refractivity contribution in [1.29, 1.82) is 0 Å². The fourth-order valence-electron chi connectivity index (χ4n) is 2.53. The topological polar surface area (TPSA) is 58.8 Å². The maximum Gasteiger partial charge on any atom is 0.191 e. The fraction of sp³-hybridized carbons (Fsp3) is 0.438. The third-order valence-corrected chi connectivity index (χ3v) is 3.65. The molecule has 1 aromatic heterocycles. The molecule has 0 aliphatic carbocycles. The lowest BCUT2D eigenvalue weighted by atomic mass is 10.2. The van der Waals surface area contributed by atoms with Gasteiger partial charge in [0.1, 0.15) is 11.3 Å². The van der Waals surface area contributed by atoms with Gasteiger partial charge in [-0.2, -0.15) is 0 Å². The van der Waals surface area contributed by atoms with Gasteiger partial charge in [-0.3, -0.25) is 4.99 Å². The highest BCUT2D eigenvalue weighted by Crippen LogP contribution is 2.18. The molecule has 2 heterocycles. The quantitative estimate of drug-likeness (QED) is 0.669. The molecule has 1 saturated heterocycles. The Hall–Kier alpha value is -2.01. The molecule has 1 aliphatic rings. The summed E-state index contributed by atoms with van der Waals surface area (Å²) in [5.41, 5.74) is 0.914. The SMILES string of the molecule is CN=C(NCc1cc2ccccc2o1)NCC1CCCO1. The first-order valence-corrected chi connectivity index (χ1v) is 7.39. The van der Waals surface area contributed by atoms with Crippen molar-refractivity contribution in [2.75, 3.05) is 20.2 Å². The zero-order valence-corrected chi connectivity index (χ0v) is 12.3. The van der Waals surface area contributed by atoms with Crippen molar-refractivity contribution in [2.24, 2.45) is 4.99 Å². The van der Waals surface area contributed by atoms with Crippen LogP contribution in [0.5, 0.6) is 0 Å². The molecule has 1 fully saturated rings. The monoisotopic (exact) mass is 287 g/mol. The van der Waals surface area contributed by atoms with Crippen LogP contribution in [0.2, 0.25) is 0 Å². The van der Waals surface area contributed by atoms with Crippen molar-refractivity contribution in [2.45, 2.75) is 25.5 Å². The predicted octanol–water partition coefficient (Wildman–Crippen LogP) is 2.28. The Balaban J connectivity index is 1.52. The molecular formula is C16H21N3O2. The minimum absolute atomic E-state index is 0.301. The van der Waals surface area contributed by atoms with Gasteiger partial charge in [0.05, 0.1) is 12.6 Å². The minimum Gasteiger partial charge on any atom is -0.459 e. The van der Waals surface area contributed by atoms with E-state index in [9.17, 15) is 0 Å². The second-order valence-electron chi connectivity index (χ2n) is 5.19. The molecule has 1 unspecified atom stereocenters. The molecule has 5 heteroatoms. The van der Waals surface area contributed by atoms with Crippen molar-refractivity contribution < 1.29 is 9.15 Å². The normalized spacial score (nSPS) is 19.1. The number of guanidine groups is 1. The molecule has 21 heavy (non-hydrogen) atoms. The molecule has 5 nitrogen and oxygen atoms in total. The molecule has 2 aromatic rings. The summed E-state index contributed by atoms with van der Waals surface area (Å²) in [6, 6.07) is 10.1. The van der Waals surface area contributed by atoms with Crippen LogP contribution in [0, 0.1) is 0 Å². The van der Waals surface area contributed by atoms with E-state index in [1.165, 1.54) is 0 Å². The lowest BCUT2D eigenvalue weighted by Gasteiger charge is -2.14. The average Bonchev–Trinajstić information content (AvgIpc) is 3.16. The number of hydrogen-bond acceptors (Lipinski definition) is 3. The largest absolute Gasteiger partial charge is 0.459 e. The van der Waals surface area contributed by atoms with E-state index in [4.69, 9.17) is 9.15 Å². The zero-order chi connectivity index (χ0) is 14.5. The van der Waals surface area contributed by atoms with Gasteiger partial charge in [0.2, 0.25) is 0 Å². The Morgan fingerprint density at radius 2 is 2.24 bits per heavy atom. The van der Waals surface area contributed by atoms with Crippen molar-refractivity contribution in [3.05, 3.63) is 36.1 Å². The van der Waals surface area contributed by atoms with Crippen molar-refractivity contribution in [1.82, 2.24) is 10.6 Å². The minimum atomic E-state index is 0.301. The molecular weight excluding hydrogens is 266 g/mol. The van der Waals surface area contributed by atoms with E-state index in [-0.39, 0.29) is 0 Å². The van der Waals surface area contributed by atoms with E-state index in [0.29, 0.717) is 12.6 Å². The van der Waals surface area contributed by atoms with Gasteiger partial charge < -0.3 is 19.8 Å². The summed E-state index contributed by atoms with van der Waals surface area (Å²) in [6.45, 7) is 2.27. The summed E-state index contributed by atoms with van der Waals surface area (Å²) in [7, 11) is 1.77. The zero-order valence-electron chi connectivity index (χ0n) is 12.3. The highest BCUT2D eigenvalue weighted by Gasteiger charge is 2.15. The van der Waals surface area contributed by atoms with E-state index in [1.807, 2.05) is 24.3 Å². The van der Waals surface area contributed by atoms with Crippen LogP contribution in [-0.4, -0.2) is 32.3 Å². The van der Waals surface area contributed by atoms with Gasteiger partial charge in [0, 0.05) is 25.6 Å². The van der Waals surface area contributed by atoms with E-state index >= 15 is 0 Å². The first-order valence-electron chi connectivity index (χ1n) is 7.39. The van der Waals surface area contributed by atoms with Crippen LogP contribution in [0.15, 0.2) is 39.7 Å². The van der Waals surface area contributed by atoms with Gasteiger partial charge in [0.15, 0.2) is 5.96 Å². The summed E-state index contributed by atoms with van der Waals surface area (Å²) in [6.07, 6.45) is 2.57. The summed E-state index contributed by atoms with van der Waals surface area (Å²) < 4.78 is 11.4. The number of para-hydroxylation sites is 1. The molecule has 0 bridgehead atoms. The average molecular weight is 287 g/mol. The maximum absolute atomic E-state index is 5.77. The second-order valence-corrected chi connectivity index (χ2v) is 5.19. The standard InChI is InChI=1S/C16H21N3O2/c1-17-16(18-10-13-6-4-8-20-13)19-11-14-9-12-5-2-3-7-15(12)21-14/h2-3,5,7,9,13H,4,6,8,10-11H2,1H3,(H2,17,18,19). The van der Waals surface area contributed by atoms with Crippen LogP contribution in [0.1, 0.15) is 18.6 Å². The Morgan fingerprint density at radius 1 is 1.33 bits per heavy atom. The van der Waals surface area contributed by atoms with Crippen LogP contribution in [0.3, 0.4) is 0 Å². The number of ether oxygens (including phenoxy) is 1. The van der Waals surface area contributed by atoms with Gasteiger partial charge >= 0.3 is 0 Å². The lowest BCUT2D eigenvalue weighted by Crippen LogP contribution is -2.40. The van der Waals surface area contributed by atoms with Crippen molar-refractivity contribution >= 4 is 16.9 Å². The van der Waals surface area contributed by atoms with E-state index in [1.54, 1.807) is 7.05 Å². The van der Waals surface area contributed by atoms with Crippen LogP contribution in [-0.2, 0) is 11.3 Å². The lowest BCUT2D eigenvalue weighted by molar-refractivity contribution is 0.114. The van der Waals surface area contributed by atoms with E-state index < -0.39 is 0 Å². The molecule has 0 saturated carbocycles. The highest BCUT2D eigenvalue weighted by atomic mass is 16.5. The van der Waals surface area contributed by atoms with Crippen LogP contribution in [0.4, 0.5) is 0 Å². The molecule has 112 valence electrons. The summed E-state index contributed by atoms with van der Waals surface area (Å²) >= 11 is 0. The smallest absolute Gasteiger partial charge is 0.191 e. The third-order valence-electron chi connectivity index (χ3n) is 3.65. The number of rotatable bonds is 4. The van der Waals surface area contributed by atoms with Gasteiger partial charge in [-0.15, -0.1) is 0 Å². The molecule has 2 N–H and O–H groups in total. The number of nitrogens with zero attached hydrogens (tertiary/aromatic N) is 1. The summed E-state index contributed by atoms with van der Waals surface area (Å²) in [4.78, 5) is 4.22. The van der Waals surface area contributed by atoms with Crippen LogP contribution >= 0.6 is 0 Å². The number of nitrogens with one attached hydrogen (secondary N) is 2. The number of furan rings is 1. The van der Waals surface area contributed by atoms with E-state index in [2.05, 4.69) is 21.7 Å². The van der Waals surface area contributed by atoms with Crippen molar-refractivity contribution in [3.8, 4) is 0 Å². The first-order chi connectivity index (χ1) is 10.3. The molecule has 0 amide bonds. The van der Waals surface area contributed by atoms with Gasteiger partial charge in [0.25, 0.3) is 0 Å². The van der Waals surface area contributed by atoms with Gasteiger partial charge in [-0.1, -0.05) is 18.2 Å². The Bertz CT molecular complexity index is 582. The maximum atomic E-state index is 5.77. The molecule has 0 radical (unpaired) electrons. The number of aliphatic imine (C=N–C) groups is 1. The molecule has 3 rings (SSSR count). The number of hydrogen-bond donors (Lipinski definition) is 2. The molecule has 1 aliphatic heterocycles. The molecule has 1 aromatic carbocycles. The van der Waals surface area contributed by atoms with Crippen molar-refractivity contribution in [3.63, 3.8) is 0 Å². The third kappa shape index (κ3) is 3.55. The first kappa shape index (κ1) is 13.9.